The van der Waals surface area contributed by atoms with Crippen molar-refractivity contribution in [3.63, 3.8) is 0 Å². The van der Waals surface area contributed by atoms with Gasteiger partial charge in [0.25, 0.3) is 0 Å². The summed E-state index contributed by atoms with van der Waals surface area (Å²) in [6.07, 6.45) is 2.39. The molecule has 29 heavy (non-hydrogen) atoms. The largest absolute Gasteiger partial charge is 0.444 e. The fraction of sp³-hybridized carbons (Fsp3) is 0.739. The Balaban J connectivity index is 2.05. The van der Waals surface area contributed by atoms with E-state index in [9.17, 15) is 9.18 Å². The van der Waals surface area contributed by atoms with Crippen LogP contribution >= 0.6 is 0 Å². The molecule has 2 rings (SSSR count). The van der Waals surface area contributed by atoms with Gasteiger partial charge in [0, 0.05) is 32.6 Å². The molecular formula is C23H38FN3O2. The molecule has 1 aromatic heterocycles. The Morgan fingerprint density at radius 2 is 2.03 bits per heavy atom. The predicted octanol–water partition coefficient (Wildman–Crippen LogP) is 5.33. The highest BCUT2D eigenvalue weighted by Gasteiger charge is 2.28. The van der Waals surface area contributed by atoms with Gasteiger partial charge in [-0.25, -0.2) is 14.2 Å². The summed E-state index contributed by atoms with van der Waals surface area (Å²) >= 11 is 0. The standard InChI is InChI=1S/C23H38FN3O2/c1-8-23(6,24)13-9-14-26(7)19-11-10-18-12-15-27(16-17(2)20(18)25-19)21(28)29-22(3,4)5/h10-11,17H,8-9,12-16H2,1-7H3. The molecule has 0 aliphatic carbocycles. The third-order valence-electron chi connectivity index (χ3n) is 5.58. The molecule has 0 N–H and O–H groups in total. The summed E-state index contributed by atoms with van der Waals surface area (Å²) in [7, 11) is 2.00. The fourth-order valence-corrected chi connectivity index (χ4v) is 3.58. The summed E-state index contributed by atoms with van der Waals surface area (Å²) in [5.74, 6) is 1.03. The van der Waals surface area contributed by atoms with Crippen molar-refractivity contribution >= 4 is 11.9 Å². The number of hydrogen-bond donors (Lipinski definition) is 0. The van der Waals surface area contributed by atoms with E-state index in [1.807, 2.05) is 40.8 Å². The van der Waals surface area contributed by atoms with Gasteiger partial charge in [-0.05, 0) is 65.0 Å². The number of ether oxygens (including phenoxy) is 1. The molecule has 164 valence electrons. The van der Waals surface area contributed by atoms with E-state index in [4.69, 9.17) is 9.72 Å². The predicted molar refractivity (Wildman–Crippen MR) is 116 cm³/mol. The number of halogens is 1. The van der Waals surface area contributed by atoms with E-state index < -0.39 is 11.3 Å². The number of amides is 1. The van der Waals surface area contributed by atoms with Crippen LogP contribution in [0.25, 0.3) is 0 Å². The lowest BCUT2D eigenvalue weighted by molar-refractivity contribution is 0.0248. The molecule has 1 aliphatic rings. The minimum Gasteiger partial charge on any atom is -0.444 e. The quantitative estimate of drug-likeness (QED) is 0.639. The normalized spacial score (nSPS) is 19.2. The van der Waals surface area contributed by atoms with Gasteiger partial charge >= 0.3 is 6.09 Å². The van der Waals surface area contributed by atoms with E-state index in [0.29, 0.717) is 25.9 Å². The Hall–Kier alpha value is -1.85. The molecular weight excluding hydrogens is 369 g/mol. The number of nitrogens with zero attached hydrogens (tertiary/aromatic N) is 3. The lowest BCUT2D eigenvalue weighted by Crippen LogP contribution is -2.38. The highest BCUT2D eigenvalue weighted by atomic mass is 19.1. The molecule has 1 aliphatic heterocycles. The molecule has 0 saturated carbocycles. The van der Waals surface area contributed by atoms with Crippen LogP contribution in [0.5, 0.6) is 0 Å². The maximum absolute atomic E-state index is 14.1. The van der Waals surface area contributed by atoms with Gasteiger partial charge in [-0.3, -0.25) is 0 Å². The zero-order chi connectivity index (χ0) is 21.8. The molecule has 1 amide bonds. The average molecular weight is 408 g/mol. The van der Waals surface area contributed by atoms with Crippen LogP contribution < -0.4 is 4.90 Å². The van der Waals surface area contributed by atoms with E-state index in [2.05, 4.69) is 17.9 Å². The van der Waals surface area contributed by atoms with E-state index in [0.717, 1.165) is 30.9 Å². The molecule has 0 spiro atoms. The molecule has 2 heterocycles. The molecule has 0 aromatic carbocycles. The molecule has 0 fully saturated rings. The molecule has 0 saturated heterocycles. The van der Waals surface area contributed by atoms with Gasteiger partial charge in [0.2, 0.25) is 0 Å². The van der Waals surface area contributed by atoms with Crippen LogP contribution in [-0.4, -0.2) is 53.9 Å². The molecule has 2 unspecified atom stereocenters. The minimum absolute atomic E-state index is 0.127. The maximum Gasteiger partial charge on any atom is 0.410 e. The number of carbonyl (C=O) groups excluding carboxylic acids is 1. The lowest BCUT2D eigenvalue weighted by Gasteiger charge is -2.27. The number of alkyl halides is 1. The molecule has 0 radical (unpaired) electrons. The Morgan fingerprint density at radius 1 is 1.34 bits per heavy atom. The van der Waals surface area contributed by atoms with Crippen LogP contribution in [0.2, 0.25) is 0 Å². The van der Waals surface area contributed by atoms with E-state index in [1.54, 1.807) is 11.8 Å². The number of aromatic nitrogens is 1. The average Bonchev–Trinajstić information content (AvgIpc) is 2.79. The Labute approximate surface area is 175 Å². The summed E-state index contributed by atoms with van der Waals surface area (Å²) in [6, 6.07) is 4.15. The van der Waals surface area contributed by atoms with Crippen molar-refractivity contribution in [2.24, 2.45) is 0 Å². The zero-order valence-corrected chi connectivity index (χ0v) is 19.2. The number of carbonyl (C=O) groups is 1. The second-order valence-corrected chi connectivity index (χ2v) is 9.58. The van der Waals surface area contributed by atoms with Crippen LogP contribution in [0.15, 0.2) is 12.1 Å². The third kappa shape index (κ3) is 6.86. The topological polar surface area (TPSA) is 45.7 Å². The summed E-state index contributed by atoms with van der Waals surface area (Å²) < 4.78 is 19.7. The number of anilines is 1. The molecule has 6 heteroatoms. The second-order valence-electron chi connectivity index (χ2n) is 9.58. The highest BCUT2D eigenvalue weighted by Crippen LogP contribution is 2.27. The van der Waals surface area contributed by atoms with Crippen LogP contribution in [-0.2, 0) is 11.2 Å². The zero-order valence-electron chi connectivity index (χ0n) is 19.2. The Kier molecular flexibility index (Phi) is 7.52. The molecule has 1 aromatic rings. The minimum atomic E-state index is -1.10. The van der Waals surface area contributed by atoms with Crippen LogP contribution in [0.1, 0.15) is 78.0 Å². The van der Waals surface area contributed by atoms with Crippen molar-refractivity contribution in [3.05, 3.63) is 23.4 Å². The molecule has 5 nitrogen and oxygen atoms in total. The number of rotatable bonds is 6. The van der Waals surface area contributed by atoms with Gasteiger partial charge in [-0.1, -0.05) is 19.9 Å². The summed E-state index contributed by atoms with van der Waals surface area (Å²) in [5, 5.41) is 0. The number of pyridine rings is 1. The van der Waals surface area contributed by atoms with Crippen molar-refractivity contribution in [3.8, 4) is 0 Å². The Morgan fingerprint density at radius 3 is 2.66 bits per heavy atom. The SMILES string of the molecule is CCC(C)(F)CCCN(C)c1ccc2c(n1)C(C)CN(C(=O)OC(C)(C)C)CC2. The third-order valence-corrected chi connectivity index (χ3v) is 5.58. The lowest BCUT2D eigenvalue weighted by atomic mass is 9.99. The smallest absolute Gasteiger partial charge is 0.410 e. The van der Waals surface area contributed by atoms with Gasteiger partial charge in [-0.2, -0.15) is 0 Å². The van der Waals surface area contributed by atoms with Gasteiger partial charge in [0.1, 0.15) is 17.1 Å². The van der Waals surface area contributed by atoms with E-state index in [-0.39, 0.29) is 12.0 Å². The van der Waals surface area contributed by atoms with Crippen molar-refractivity contribution < 1.29 is 13.9 Å². The van der Waals surface area contributed by atoms with Crippen molar-refractivity contribution in [2.45, 2.75) is 84.4 Å². The Bertz CT molecular complexity index is 700. The maximum atomic E-state index is 14.1. The summed E-state index contributed by atoms with van der Waals surface area (Å²) in [6.45, 7) is 13.3. The summed E-state index contributed by atoms with van der Waals surface area (Å²) in [5.41, 5.74) is 0.635. The van der Waals surface area contributed by atoms with E-state index >= 15 is 0 Å². The van der Waals surface area contributed by atoms with Gasteiger partial charge in [0.05, 0.1) is 5.69 Å². The van der Waals surface area contributed by atoms with Crippen LogP contribution in [0.3, 0.4) is 0 Å². The van der Waals surface area contributed by atoms with Crippen molar-refractivity contribution in [1.82, 2.24) is 9.88 Å². The first-order valence-corrected chi connectivity index (χ1v) is 10.8. The van der Waals surface area contributed by atoms with Crippen LogP contribution in [0.4, 0.5) is 15.0 Å². The second kappa shape index (κ2) is 9.31. The fourth-order valence-electron chi connectivity index (χ4n) is 3.58. The van der Waals surface area contributed by atoms with E-state index in [1.165, 1.54) is 5.56 Å². The molecule has 0 bridgehead atoms. The monoisotopic (exact) mass is 407 g/mol. The van der Waals surface area contributed by atoms with Crippen LogP contribution in [0, 0.1) is 0 Å². The van der Waals surface area contributed by atoms with Gasteiger partial charge in [-0.15, -0.1) is 0 Å². The van der Waals surface area contributed by atoms with Crippen molar-refractivity contribution in [1.29, 1.82) is 0 Å². The first kappa shape index (κ1) is 23.4. The number of hydrogen-bond acceptors (Lipinski definition) is 4. The van der Waals surface area contributed by atoms with Gasteiger partial charge < -0.3 is 14.5 Å². The molecule has 2 atom stereocenters. The summed E-state index contributed by atoms with van der Waals surface area (Å²) in [4.78, 5) is 21.3. The van der Waals surface area contributed by atoms with Gasteiger partial charge in [0.15, 0.2) is 0 Å². The highest BCUT2D eigenvalue weighted by molar-refractivity contribution is 5.68. The first-order chi connectivity index (χ1) is 13.4. The number of fused-ring (bicyclic) bond motifs is 1. The first-order valence-electron chi connectivity index (χ1n) is 10.8. The van der Waals surface area contributed by atoms with Crippen molar-refractivity contribution in [2.75, 3.05) is 31.6 Å².